The second-order valence-corrected chi connectivity index (χ2v) is 7.60. The van der Waals surface area contributed by atoms with Crippen LogP contribution in [0.1, 0.15) is 21.5 Å². The molecule has 0 aliphatic heterocycles. The van der Waals surface area contributed by atoms with Crippen molar-refractivity contribution in [3.8, 4) is 5.69 Å². The fraction of sp³-hybridized carbons (Fsp3) is 0.130. The molecule has 0 saturated heterocycles. The Bertz CT molecular complexity index is 1550. The number of carboxylic acids is 1. The fourth-order valence-electron chi connectivity index (χ4n) is 3.60. The number of alkyl halides is 3. The van der Waals surface area contributed by atoms with Crippen molar-refractivity contribution in [1.29, 1.82) is 0 Å². The van der Waals surface area contributed by atoms with Gasteiger partial charge in [0.2, 0.25) is 0 Å². The highest BCUT2D eigenvalue weighted by Gasteiger charge is 2.35. The van der Waals surface area contributed by atoms with E-state index in [4.69, 9.17) is 5.11 Å². The summed E-state index contributed by atoms with van der Waals surface area (Å²) in [6.07, 6.45) is -2.45. The first-order valence-electron chi connectivity index (χ1n) is 10.1. The molecule has 0 saturated carbocycles. The highest BCUT2D eigenvalue weighted by molar-refractivity contribution is 5.94. The summed E-state index contributed by atoms with van der Waals surface area (Å²) >= 11 is 0. The Balaban J connectivity index is 1.79. The lowest BCUT2D eigenvalue weighted by atomic mass is 10.1. The molecule has 2 aromatic heterocycles. The molecule has 0 atom stereocenters. The van der Waals surface area contributed by atoms with Crippen LogP contribution < -0.4 is 16.4 Å². The Morgan fingerprint density at radius 2 is 1.77 bits per heavy atom. The van der Waals surface area contributed by atoms with Crippen LogP contribution in [-0.2, 0) is 24.1 Å². The molecule has 0 aliphatic carbocycles. The first kappa shape index (κ1) is 23.5. The number of aliphatic carboxylic acids is 1. The maximum atomic E-state index is 13.9. The Morgan fingerprint density at radius 1 is 1.06 bits per heavy atom. The fourth-order valence-corrected chi connectivity index (χ4v) is 3.60. The third kappa shape index (κ3) is 4.86. The quantitative estimate of drug-likeness (QED) is 0.361. The van der Waals surface area contributed by atoms with Gasteiger partial charge in [0.25, 0.3) is 5.91 Å². The van der Waals surface area contributed by atoms with Crippen LogP contribution in [0.5, 0.6) is 0 Å². The van der Waals surface area contributed by atoms with Crippen LogP contribution in [0, 0.1) is 0 Å². The second kappa shape index (κ2) is 8.97. The first-order chi connectivity index (χ1) is 16.5. The van der Waals surface area contributed by atoms with Gasteiger partial charge in [-0.05, 0) is 23.8 Å². The second-order valence-electron chi connectivity index (χ2n) is 7.60. The van der Waals surface area contributed by atoms with Crippen molar-refractivity contribution in [1.82, 2.24) is 19.4 Å². The van der Waals surface area contributed by atoms with Gasteiger partial charge < -0.3 is 20.0 Å². The summed E-state index contributed by atoms with van der Waals surface area (Å²) in [4.78, 5) is 49.9. The minimum Gasteiger partial charge on any atom is -0.480 e. The van der Waals surface area contributed by atoms with Gasteiger partial charge in [-0.3, -0.25) is 23.7 Å². The monoisotopic (exact) mass is 486 g/mol. The number of carbonyl (C=O) groups excluding carboxylic acids is 1. The Morgan fingerprint density at radius 3 is 2.43 bits per heavy atom. The van der Waals surface area contributed by atoms with Crippen molar-refractivity contribution < 1.29 is 27.9 Å². The summed E-state index contributed by atoms with van der Waals surface area (Å²) in [5.41, 5.74) is -3.76. The third-order valence-corrected chi connectivity index (χ3v) is 5.22. The molecule has 4 aromatic rings. The number of fused-ring (bicyclic) bond motifs is 1. The molecule has 0 bridgehead atoms. The molecule has 2 aromatic carbocycles. The van der Waals surface area contributed by atoms with Gasteiger partial charge in [0.05, 0.1) is 27.8 Å². The van der Waals surface area contributed by atoms with Crippen molar-refractivity contribution in [2.24, 2.45) is 0 Å². The number of nitrogens with zero attached hydrogens (tertiary/aromatic N) is 2. The summed E-state index contributed by atoms with van der Waals surface area (Å²) in [5, 5.41) is 11.8. The molecule has 0 unspecified atom stereocenters. The Kier molecular flexibility index (Phi) is 6.03. The highest BCUT2D eigenvalue weighted by Crippen LogP contribution is 2.36. The van der Waals surface area contributed by atoms with Crippen LogP contribution in [0.2, 0.25) is 0 Å². The lowest BCUT2D eigenvalue weighted by molar-refractivity contribution is -0.138. The van der Waals surface area contributed by atoms with E-state index in [1.54, 1.807) is 24.3 Å². The number of nitrogens with one attached hydrogen (secondary N) is 2. The maximum Gasteiger partial charge on any atom is 0.418 e. The number of aromatic nitrogens is 3. The lowest BCUT2D eigenvalue weighted by Crippen LogP contribution is -2.38. The molecule has 180 valence electrons. The summed E-state index contributed by atoms with van der Waals surface area (Å²) in [6, 6.07) is 11.9. The maximum absolute atomic E-state index is 13.9. The number of hydrogen-bond donors (Lipinski definition) is 3. The van der Waals surface area contributed by atoms with E-state index in [0.29, 0.717) is 10.6 Å². The predicted octanol–water partition coefficient (Wildman–Crippen LogP) is 2.51. The van der Waals surface area contributed by atoms with Crippen LogP contribution in [-0.4, -0.2) is 31.1 Å². The molecule has 9 nitrogen and oxygen atoms in total. The molecule has 0 radical (unpaired) electrons. The lowest BCUT2D eigenvalue weighted by Gasteiger charge is -2.16. The number of halogens is 3. The minimum absolute atomic E-state index is 0.0820. The van der Waals surface area contributed by atoms with Crippen LogP contribution >= 0.6 is 0 Å². The van der Waals surface area contributed by atoms with Crippen LogP contribution in [0.25, 0.3) is 16.7 Å². The molecular weight excluding hydrogens is 469 g/mol. The predicted molar refractivity (Wildman–Crippen MR) is 118 cm³/mol. The van der Waals surface area contributed by atoms with Gasteiger partial charge in [-0.2, -0.15) is 13.2 Å². The van der Waals surface area contributed by atoms with Crippen molar-refractivity contribution >= 4 is 22.9 Å². The molecule has 0 spiro atoms. The van der Waals surface area contributed by atoms with E-state index in [1.807, 2.05) is 6.07 Å². The van der Waals surface area contributed by atoms with E-state index in [1.165, 1.54) is 18.5 Å². The molecule has 4 rings (SSSR count). The SMILES string of the molecule is O=C(O)Cn1c(=O)c(=O)[nH]c2cc(C(F)(F)F)c(-n3ccc(C(=O)NCc4ccccc4)c3)cc21. The van der Waals surface area contributed by atoms with Crippen LogP contribution in [0.15, 0.2) is 70.5 Å². The number of H-pyrrole nitrogens is 1. The van der Waals surface area contributed by atoms with Crippen molar-refractivity contribution in [3.05, 3.63) is 98.3 Å². The topological polar surface area (TPSA) is 126 Å². The number of amides is 1. The molecule has 0 fully saturated rings. The normalized spacial score (nSPS) is 11.5. The number of rotatable bonds is 6. The summed E-state index contributed by atoms with van der Waals surface area (Å²) in [5.74, 6) is -1.98. The zero-order valence-corrected chi connectivity index (χ0v) is 17.8. The number of hydrogen-bond acceptors (Lipinski definition) is 4. The average Bonchev–Trinajstić information content (AvgIpc) is 3.30. The van der Waals surface area contributed by atoms with Crippen molar-refractivity contribution in [2.45, 2.75) is 19.3 Å². The molecule has 35 heavy (non-hydrogen) atoms. The largest absolute Gasteiger partial charge is 0.480 e. The zero-order valence-electron chi connectivity index (χ0n) is 17.8. The first-order valence-corrected chi connectivity index (χ1v) is 10.1. The Hall–Kier alpha value is -4.61. The van der Waals surface area contributed by atoms with Gasteiger partial charge in [-0.1, -0.05) is 30.3 Å². The number of benzene rings is 2. The van der Waals surface area contributed by atoms with Gasteiger partial charge in [0, 0.05) is 18.9 Å². The van der Waals surface area contributed by atoms with E-state index in [0.717, 1.165) is 16.2 Å². The molecule has 2 heterocycles. The highest BCUT2D eigenvalue weighted by atomic mass is 19.4. The summed E-state index contributed by atoms with van der Waals surface area (Å²) in [7, 11) is 0. The van der Waals surface area contributed by atoms with Crippen LogP contribution in [0.3, 0.4) is 0 Å². The van der Waals surface area contributed by atoms with E-state index in [-0.39, 0.29) is 23.1 Å². The van der Waals surface area contributed by atoms with E-state index < -0.39 is 47.0 Å². The smallest absolute Gasteiger partial charge is 0.418 e. The van der Waals surface area contributed by atoms with Crippen LogP contribution in [0.4, 0.5) is 13.2 Å². The van der Waals surface area contributed by atoms with Gasteiger partial charge >= 0.3 is 23.3 Å². The van der Waals surface area contributed by atoms with Gasteiger partial charge in [0.1, 0.15) is 6.54 Å². The number of carbonyl (C=O) groups is 2. The molecular formula is C23H17F3N4O5. The number of aromatic amines is 1. The number of carboxylic acid groups (broad SMARTS) is 1. The summed E-state index contributed by atoms with van der Waals surface area (Å²) < 4.78 is 43.3. The van der Waals surface area contributed by atoms with Crippen molar-refractivity contribution in [2.75, 3.05) is 0 Å². The van der Waals surface area contributed by atoms with E-state index >= 15 is 0 Å². The molecule has 0 aliphatic rings. The van der Waals surface area contributed by atoms with E-state index in [9.17, 15) is 32.3 Å². The third-order valence-electron chi connectivity index (χ3n) is 5.22. The minimum atomic E-state index is -4.87. The Labute approximate surface area is 194 Å². The zero-order chi connectivity index (χ0) is 25.3. The van der Waals surface area contributed by atoms with Gasteiger partial charge in [-0.15, -0.1) is 0 Å². The molecule has 1 amide bonds. The molecule has 3 N–H and O–H groups in total. The van der Waals surface area contributed by atoms with Gasteiger partial charge in [0.15, 0.2) is 0 Å². The summed E-state index contributed by atoms with van der Waals surface area (Å²) in [6.45, 7) is -0.716. The van der Waals surface area contributed by atoms with E-state index in [2.05, 4.69) is 10.3 Å². The average molecular weight is 486 g/mol. The van der Waals surface area contributed by atoms with Crippen molar-refractivity contribution in [3.63, 3.8) is 0 Å². The standard InChI is InChI=1S/C23H17F3N4O5/c24-23(25,26)15-8-16-18(30(12-19(31)32)22(35)21(34)28-16)9-17(15)29-7-6-14(11-29)20(33)27-10-13-4-2-1-3-5-13/h1-9,11H,10,12H2,(H,27,33)(H,28,34)(H,31,32). The van der Waals surface area contributed by atoms with Gasteiger partial charge in [-0.25, -0.2) is 0 Å². The molecule has 12 heteroatoms.